The van der Waals surface area contributed by atoms with E-state index in [0.29, 0.717) is 26.9 Å². The van der Waals surface area contributed by atoms with E-state index in [1.165, 1.54) is 0 Å². The van der Waals surface area contributed by atoms with Gasteiger partial charge in [0.1, 0.15) is 0 Å². The van der Waals surface area contributed by atoms with Crippen molar-refractivity contribution in [3.63, 3.8) is 0 Å². The first-order valence-electron chi connectivity index (χ1n) is 10.8. The molecule has 6 nitrogen and oxygen atoms in total. The van der Waals surface area contributed by atoms with Gasteiger partial charge in [0.05, 0.1) is 31.4 Å². The van der Waals surface area contributed by atoms with E-state index in [4.69, 9.17) is 13.9 Å². The van der Waals surface area contributed by atoms with Gasteiger partial charge in [-0.2, -0.15) is 0 Å². The van der Waals surface area contributed by atoms with Crippen molar-refractivity contribution < 1.29 is 23.5 Å². The lowest BCUT2D eigenvalue weighted by atomic mass is 9.76. The van der Waals surface area contributed by atoms with Crippen molar-refractivity contribution in [3.8, 4) is 0 Å². The van der Waals surface area contributed by atoms with Gasteiger partial charge in [-0.05, 0) is 43.8 Å². The van der Waals surface area contributed by atoms with E-state index < -0.39 is 8.32 Å². The standard InChI is InChI=1S/C20H38BNO5Si/c1-20(2,3)28(4,5)26-14-16-17(27-19-9-6-7-12-25-19)13-18(24)22(16)11-8-10-21-15-23/h15-17,19,21H,6-14H2,1-5H3/t16-,17+,19?/m0/s1. The minimum atomic E-state index is -1.92. The third kappa shape index (κ3) is 6.40. The van der Waals surface area contributed by atoms with Crippen molar-refractivity contribution in [2.24, 2.45) is 0 Å². The number of hydrogen-bond donors (Lipinski definition) is 0. The summed E-state index contributed by atoms with van der Waals surface area (Å²) in [4.78, 5) is 25.2. The highest BCUT2D eigenvalue weighted by Crippen LogP contribution is 2.37. The number of amides is 1. The molecule has 0 aromatic carbocycles. The van der Waals surface area contributed by atoms with E-state index in [2.05, 4.69) is 33.9 Å². The highest BCUT2D eigenvalue weighted by molar-refractivity contribution is 6.74. The van der Waals surface area contributed by atoms with Gasteiger partial charge in [-0.25, -0.2) is 0 Å². The molecule has 0 spiro atoms. The van der Waals surface area contributed by atoms with Crippen LogP contribution in [0, 0.1) is 0 Å². The molecule has 2 heterocycles. The van der Waals surface area contributed by atoms with Crippen LogP contribution >= 0.6 is 0 Å². The van der Waals surface area contributed by atoms with Crippen LogP contribution in [0.25, 0.3) is 0 Å². The number of nitrogens with zero attached hydrogens (tertiary/aromatic N) is 1. The van der Waals surface area contributed by atoms with Crippen LogP contribution in [-0.2, 0) is 23.5 Å². The van der Waals surface area contributed by atoms with Gasteiger partial charge in [-0.1, -0.05) is 27.1 Å². The summed E-state index contributed by atoms with van der Waals surface area (Å²) < 4.78 is 18.5. The third-order valence-corrected chi connectivity index (χ3v) is 10.9. The molecule has 0 bridgehead atoms. The van der Waals surface area contributed by atoms with Crippen molar-refractivity contribution in [3.05, 3.63) is 0 Å². The highest BCUT2D eigenvalue weighted by atomic mass is 28.4. The molecule has 3 atom stereocenters. The molecule has 0 saturated carbocycles. The fourth-order valence-electron chi connectivity index (χ4n) is 3.47. The van der Waals surface area contributed by atoms with Gasteiger partial charge < -0.3 is 23.6 Å². The summed E-state index contributed by atoms with van der Waals surface area (Å²) in [6, 6.07) is -0.0802. The zero-order chi connectivity index (χ0) is 20.8. The molecule has 0 radical (unpaired) electrons. The number of likely N-dealkylation sites (tertiary alicyclic amines) is 1. The summed E-state index contributed by atoms with van der Waals surface area (Å²) in [5, 5.41) is 0.118. The predicted octanol–water partition coefficient (Wildman–Crippen LogP) is 2.96. The number of carbonyl (C=O) groups is 2. The first kappa shape index (κ1) is 23.6. The summed E-state index contributed by atoms with van der Waals surface area (Å²) in [7, 11) is -1.38. The lowest BCUT2D eigenvalue weighted by Crippen LogP contribution is -2.48. The van der Waals surface area contributed by atoms with Gasteiger partial charge in [0, 0.05) is 13.2 Å². The largest absolute Gasteiger partial charge is 0.415 e. The van der Waals surface area contributed by atoms with Crippen LogP contribution in [0.4, 0.5) is 0 Å². The predicted molar refractivity (Wildman–Crippen MR) is 115 cm³/mol. The summed E-state index contributed by atoms with van der Waals surface area (Å²) in [5.74, 6) is 0.121. The van der Waals surface area contributed by atoms with E-state index in [1.54, 1.807) is 0 Å². The topological polar surface area (TPSA) is 65.1 Å². The van der Waals surface area contributed by atoms with Crippen LogP contribution in [0.2, 0.25) is 24.5 Å². The molecule has 1 amide bonds. The Labute approximate surface area is 172 Å². The second kappa shape index (κ2) is 10.4. The Bertz CT molecular complexity index is 519. The zero-order valence-corrected chi connectivity index (χ0v) is 19.4. The molecule has 1 unspecified atom stereocenters. The first-order valence-corrected chi connectivity index (χ1v) is 13.7. The van der Waals surface area contributed by atoms with Crippen LogP contribution in [0.1, 0.15) is 52.9 Å². The Morgan fingerprint density at radius 1 is 1.32 bits per heavy atom. The molecule has 28 heavy (non-hydrogen) atoms. The molecule has 2 saturated heterocycles. The molecule has 0 aliphatic carbocycles. The quantitative estimate of drug-likeness (QED) is 0.314. The third-order valence-electron chi connectivity index (χ3n) is 6.38. The average Bonchev–Trinajstić information content (AvgIpc) is 2.91. The monoisotopic (exact) mass is 411 g/mol. The fraction of sp³-hybridized carbons (Fsp3) is 0.900. The average molecular weight is 411 g/mol. The van der Waals surface area contributed by atoms with E-state index in [0.717, 1.165) is 44.8 Å². The maximum atomic E-state index is 12.7. The summed E-state index contributed by atoms with van der Waals surface area (Å²) in [6.07, 6.45) is 5.63. The number of hydrogen-bond acceptors (Lipinski definition) is 5. The van der Waals surface area contributed by atoms with Crippen molar-refractivity contribution in [2.45, 2.75) is 95.8 Å². The summed E-state index contributed by atoms with van der Waals surface area (Å²) in [5.41, 5.74) is 0. The minimum absolute atomic E-state index is 0.0802. The summed E-state index contributed by atoms with van der Waals surface area (Å²) >= 11 is 0. The van der Waals surface area contributed by atoms with Crippen molar-refractivity contribution >= 4 is 27.7 Å². The number of ether oxygens (including phenoxy) is 2. The molecule has 0 N–H and O–H groups in total. The Morgan fingerprint density at radius 2 is 2.07 bits per heavy atom. The highest BCUT2D eigenvalue weighted by Gasteiger charge is 2.44. The van der Waals surface area contributed by atoms with Crippen molar-refractivity contribution in [2.75, 3.05) is 19.8 Å². The lowest BCUT2D eigenvalue weighted by Gasteiger charge is -2.39. The SMILES string of the molecule is CC(C)(C)[Si](C)(C)OC[C@H]1[C@H](OC2CCCCO2)CC(=O)N1CCCBC=O. The second-order valence-electron chi connectivity index (χ2n) is 9.56. The molecule has 0 aromatic rings. The maximum absolute atomic E-state index is 12.7. The van der Waals surface area contributed by atoms with Gasteiger partial charge in [-0.15, -0.1) is 0 Å². The van der Waals surface area contributed by atoms with E-state index >= 15 is 0 Å². The molecule has 2 rings (SSSR count). The Hall–Kier alpha value is -0.698. The Balaban J connectivity index is 2.04. The van der Waals surface area contributed by atoms with E-state index in [9.17, 15) is 9.59 Å². The van der Waals surface area contributed by atoms with Gasteiger partial charge in [-0.3, -0.25) is 4.79 Å². The molecular formula is C20H38BNO5Si. The molecule has 160 valence electrons. The van der Waals surface area contributed by atoms with E-state index in [-0.39, 0.29) is 29.4 Å². The molecular weight excluding hydrogens is 373 g/mol. The molecule has 8 heteroatoms. The smallest absolute Gasteiger partial charge is 0.225 e. The number of carbonyl (C=O) groups excluding carboxylic acids is 2. The normalized spacial score (nSPS) is 26.5. The van der Waals surface area contributed by atoms with E-state index in [1.807, 2.05) is 4.90 Å². The second-order valence-corrected chi connectivity index (χ2v) is 14.4. The molecule has 2 aliphatic rings. The Morgan fingerprint density at radius 3 is 2.68 bits per heavy atom. The maximum Gasteiger partial charge on any atom is 0.225 e. The number of rotatable bonds is 10. The fourth-order valence-corrected chi connectivity index (χ4v) is 4.49. The van der Waals surface area contributed by atoms with Crippen LogP contribution < -0.4 is 0 Å². The van der Waals surface area contributed by atoms with Crippen LogP contribution in [-0.4, -0.2) is 70.8 Å². The Kier molecular flexibility index (Phi) is 8.73. The zero-order valence-electron chi connectivity index (χ0n) is 18.4. The molecule has 2 aliphatic heterocycles. The van der Waals surface area contributed by atoms with Gasteiger partial charge in [0.2, 0.25) is 13.2 Å². The van der Waals surface area contributed by atoms with Gasteiger partial charge in [0.25, 0.3) is 0 Å². The lowest BCUT2D eigenvalue weighted by molar-refractivity contribution is -0.193. The summed E-state index contributed by atoms with van der Waals surface area (Å²) in [6.45, 7) is 13.0. The van der Waals surface area contributed by atoms with Gasteiger partial charge in [0.15, 0.2) is 14.6 Å². The van der Waals surface area contributed by atoms with Crippen molar-refractivity contribution in [1.29, 1.82) is 0 Å². The minimum Gasteiger partial charge on any atom is -0.415 e. The van der Waals surface area contributed by atoms with Crippen LogP contribution in [0.3, 0.4) is 0 Å². The van der Waals surface area contributed by atoms with Crippen molar-refractivity contribution in [1.82, 2.24) is 4.90 Å². The molecule has 2 fully saturated rings. The van der Waals surface area contributed by atoms with Gasteiger partial charge >= 0.3 is 0 Å². The first-order chi connectivity index (χ1) is 13.2. The molecule has 0 aromatic heterocycles. The van der Waals surface area contributed by atoms with Crippen LogP contribution in [0.15, 0.2) is 0 Å². The van der Waals surface area contributed by atoms with Crippen LogP contribution in [0.5, 0.6) is 0 Å².